The molecule has 1 atom stereocenters. The van der Waals surface area contributed by atoms with E-state index in [1.807, 2.05) is 33.0 Å². The highest BCUT2D eigenvalue weighted by Gasteiger charge is 2.24. The molecule has 1 aliphatic heterocycles. The molecule has 3 rings (SSSR count). The molecule has 0 aromatic carbocycles. The van der Waals surface area contributed by atoms with Crippen LogP contribution in [-0.4, -0.2) is 39.1 Å². The predicted octanol–water partition coefficient (Wildman–Crippen LogP) is 2.00. The summed E-state index contributed by atoms with van der Waals surface area (Å²) in [6, 6.07) is 3.96. The first-order valence-electron chi connectivity index (χ1n) is 9.12. The van der Waals surface area contributed by atoms with Crippen molar-refractivity contribution in [3.63, 3.8) is 0 Å². The van der Waals surface area contributed by atoms with Crippen molar-refractivity contribution in [3.05, 3.63) is 39.9 Å². The number of rotatable bonds is 6. The van der Waals surface area contributed by atoms with E-state index in [0.29, 0.717) is 6.04 Å². The van der Waals surface area contributed by atoms with Crippen molar-refractivity contribution in [3.8, 4) is 0 Å². The average Bonchev–Trinajstić information content (AvgIpc) is 3.01. The van der Waals surface area contributed by atoms with Gasteiger partial charge in [-0.05, 0) is 46.1 Å². The van der Waals surface area contributed by atoms with Crippen LogP contribution in [0.25, 0.3) is 0 Å². The second-order valence-corrected chi connectivity index (χ2v) is 7.06. The number of nitrogens with zero attached hydrogens (tertiary/aromatic N) is 4. The molecule has 2 aromatic heterocycles. The number of aromatic amines is 1. The number of nitrogens with one attached hydrogen (secondary N) is 2. The molecule has 7 nitrogen and oxygen atoms in total. The second-order valence-electron chi connectivity index (χ2n) is 7.06. The van der Waals surface area contributed by atoms with Gasteiger partial charge in [-0.15, -0.1) is 0 Å². The first-order chi connectivity index (χ1) is 12.1. The monoisotopic (exact) mass is 344 g/mol. The van der Waals surface area contributed by atoms with Crippen LogP contribution in [0.3, 0.4) is 0 Å². The molecule has 1 saturated heterocycles. The lowest BCUT2D eigenvalue weighted by Gasteiger charge is -2.37. The third-order valence-electron chi connectivity index (χ3n) is 4.85. The van der Waals surface area contributed by atoms with E-state index < -0.39 is 0 Å². The number of H-pyrrole nitrogens is 1. The molecule has 136 valence electrons. The maximum absolute atomic E-state index is 12.0. The van der Waals surface area contributed by atoms with Crippen LogP contribution >= 0.6 is 0 Å². The summed E-state index contributed by atoms with van der Waals surface area (Å²) in [7, 11) is 0. The molecule has 1 aliphatic rings. The molecular formula is C18H28N6O. The molecule has 0 bridgehead atoms. The molecule has 3 heterocycles. The summed E-state index contributed by atoms with van der Waals surface area (Å²) in [6.45, 7) is 8.70. The molecule has 0 saturated carbocycles. The van der Waals surface area contributed by atoms with Crippen molar-refractivity contribution in [2.45, 2.75) is 58.7 Å². The zero-order valence-corrected chi connectivity index (χ0v) is 15.3. The Morgan fingerprint density at radius 2 is 2.20 bits per heavy atom. The fourth-order valence-electron chi connectivity index (χ4n) is 3.38. The van der Waals surface area contributed by atoms with Gasteiger partial charge < -0.3 is 10.2 Å². The van der Waals surface area contributed by atoms with Gasteiger partial charge in [0.15, 0.2) is 0 Å². The van der Waals surface area contributed by atoms with E-state index in [2.05, 4.69) is 25.5 Å². The van der Waals surface area contributed by atoms with Crippen LogP contribution in [0.1, 0.15) is 50.4 Å². The molecule has 0 amide bonds. The van der Waals surface area contributed by atoms with Gasteiger partial charge in [-0.1, -0.05) is 0 Å². The number of piperidine rings is 1. The minimum atomic E-state index is -0.0409. The number of hydrogen-bond donors (Lipinski definition) is 2. The van der Waals surface area contributed by atoms with Gasteiger partial charge in [0.25, 0.3) is 5.56 Å². The van der Waals surface area contributed by atoms with Crippen LogP contribution in [0.5, 0.6) is 0 Å². The largest absolute Gasteiger partial charge is 0.351 e. The highest BCUT2D eigenvalue weighted by molar-refractivity contribution is 5.39. The average molecular weight is 344 g/mol. The molecule has 1 unspecified atom stereocenters. The van der Waals surface area contributed by atoms with E-state index in [0.717, 1.165) is 37.6 Å². The van der Waals surface area contributed by atoms with Gasteiger partial charge >= 0.3 is 0 Å². The minimum absolute atomic E-state index is 0.0409. The van der Waals surface area contributed by atoms with Crippen molar-refractivity contribution < 1.29 is 0 Å². The van der Waals surface area contributed by atoms with Crippen LogP contribution < -0.4 is 15.8 Å². The van der Waals surface area contributed by atoms with Crippen LogP contribution in [0, 0.1) is 6.92 Å². The van der Waals surface area contributed by atoms with Crippen LogP contribution in [0.4, 0.5) is 5.82 Å². The summed E-state index contributed by atoms with van der Waals surface area (Å²) in [5.41, 5.74) is 2.27. The number of hydrogen-bond acceptors (Lipinski definition) is 5. The predicted molar refractivity (Wildman–Crippen MR) is 98.9 cm³/mol. The Labute approximate surface area is 148 Å². The first-order valence-corrected chi connectivity index (χ1v) is 9.12. The number of aryl methyl sites for hydroxylation is 1. The maximum Gasteiger partial charge on any atom is 0.267 e. The third kappa shape index (κ3) is 4.10. The van der Waals surface area contributed by atoms with E-state index >= 15 is 0 Å². The molecule has 2 N–H and O–H groups in total. The van der Waals surface area contributed by atoms with E-state index in [9.17, 15) is 4.79 Å². The Bertz CT molecular complexity index is 750. The van der Waals surface area contributed by atoms with Gasteiger partial charge in [0, 0.05) is 43.0 Å². The van der Waals surface area contributed by atoms with Crippen molar-refractivity contribution in [1.29, 1.82) is 0 Å². The van der Waals surface area contributed by atoms with Gasteiger partial charge in [0.05, 0.1) is 12.2 Å². The van der Waals surface area contributed by atoms with Crippen LogP contribution in [-0.2, 0) is 6.54 Å². The maximum atomic E-state index is 12.0. The quantitative estimate of drug-likeness (QED) is 0.838. The molecule has 2 aromatic rings. The smallest absolute Gasteiger partial charge is 0.267 e. The van der Waals surface area contributed by atoms with Gasteiger partial charge in [-0.3, -0.25) is 9.89 Å². The fraction of sp³-hybridized carbons (Fsp3) is 0.611. The minimum Gasteiger partial charge on any atom is -0.351 e. The Morgan fingerprint density at radius 3 is 2.92 bits per heavy atom. The highest BCUT2D eigenvalue weighted by atomic mass is 16.1. The number of anilines is 1. The van der Waals surface area contributed by atoms with E-state index in [1.54, 1.807) is 10.7 Å². The first kappa shape index (κ1) is 17.7. The summed E-state index contributed by atoms with van der Waals surface area (Å²) in [5.74, 6) is 0.902. The van der Waals surface area contributed by atoms with E-state index in [-0.39, 0.29) is 11.6 Å². The number of aromatic nitrogens is 4. The van der Waals surface area contributed by atoms with Crippen molar-refractivity contribution in [1.82, 2.24) is 25.3 Å². The summed E-state index contributed by atoms with van der Waals surface area (Å²) in [4.78, 5) is 14.3. The summed E-state index contributed by atoms with van der Waals surface area (Å²) < 4.78 is 1.57. The van der Waals surface area contributed by atoms with Crippen LogP contribution in [0.15, 0.2) is 23.1 Å². The Morgan fingerprint density at radius 1 is 1.36 bits per heavy atom. The SMILES string of the molecule is Cc1[nH]ncc1CNCC1CCCCN1c1ccc(=O)n(C(C)C)n1. The molecule has 0 spiro atoms. The molecular weight excluding hydrogens is 316 g/mol. The lowest BCUT2D eigenvalue weighted by Crippen LogP contribution is -2.46. The fourth-order valence-corrected chi connectivity index (χ4v) is 3.38. The van der Waals surface area contributed by atoms with E-state index in [1.165, 1.54) is 18.4 Å². The molecule has 7 heteroatoms. The summed E-state index contributed by atoms with van der Waals surface area (Å²) >= 11 is 0. The Balaban J connectivity index is 1.69. The van der Waals surface area contributed by atoms with E-state index in [4.69, 9.17) is 0 Å². The zero-order valence-electron chi connectivity index (χ0n) is 15.3. The molecule has 0 radical (unpaired) electrons. The van der Waals surface area contributed by atoms with Gasteiger partial charge in [-0.2, -0.15) is 10.2 Å². The molecule has 1 fully saturated rings. The second kappa shape index (κ2) is 7.82. The molecule has 25 heavy (non-hydrogen) atoms. The van der Waals surface area contributed by atoms with Gasteiger partial charge in [-0.25, -0.2) is 4.68 Å². The normalized spacial score (nSPS) is 18.1. The Hall–Kier alpha value is -2.15. The Kier molecular flexibility index (Phi) is 5.53. The zero-order chi connectivity index (χ0) is 17.8. The lowest BCUT2D eigenvalue weighted by atomic mass is 10.0. The topological polar surface area (TPSA) is 78.8 Å². The van der Waals surface area contributed by atoms with Crippen molar-refractivity contribution in [2.75, 3.05) is 18.0 Å². The standard InChI is InChI=1S/C18H28N6O/c1-13(2)24-18(25)8-7-17(22-24)23-9-5-4-6-16(23)12-19-10-15-11-20-21-14(15)3/h7-8,11,13,16,19H,4-6,9-10,12H2,1-3H3,(H,20,21). The lowest BCUT2D eigenvalue weighted by molar-refractivity contribution is 0.423. The van der Waals surface area contributed by atoms with Crippen molar-refractivity contribution in [2.24, 2.45) is 0 Å². The third-order valence-corrected chi connectivity index (χ3v) is 4.85. The van der Waals surface area contributed by atoms with Crippen molar-refractivity contribution >= 4 is 5.82 Å². The van der Waals surface area contributed by atoms with Gasteiger partial charge in [0.2, 0.25) is 0 Å². The highest BCUT2D eigenvalue weighted by Crippen LogP contribution is 2.22. The molecule has 0 aliphatic carbocycles. The summed E-state index contributed by atoms with van der Waals surface area (Å²) in [6.07, 6.45) is 5.41. The van der Waals surface area contributed by atoms with Crippen LogP contribution in [0.2, 0.25) is 0 Å². The van der Waals surface area contributed by atoms with Gasteiger partial charge in [0.1, 0.15) is 5.82 Å². The summed E-state index contributed by atoms with van der Waals surface area (Å²) in [5, 5.41) is 15.2.